The first-order chi connectivity index (χ1) is 30.5. The number of hydrogen-bond donors (Lipinski definition) is 0. The maximum absolute atomic E-state index is 14.9. The van der Waals surface area contributed by atoms with Crippen molar-refractivity contribution in [3.8, 4) is 0 Å². The number of Topliss-reactive ketones (excluding diaryl/α,β-unsaturated/α-hetero) is 2. The molecular formula is C58H70O4. The lowest BCUT2D eigenvalue weighted by Crippen LogP contribution is -2.40. The lowest BCUT2D eigenvalue weighted by Gasteiger charge is -2.34. The average molecular weight is 831 g/mol. The van der Waals surface area contributed by atoms with Gasteiger partial charge in [-0.3, -0.25) is 9.59 Å². The molecule has 0 amide bonds. The molecule has 5 aliphatic rings. The number of ketones is 2. The largest absolute Gasteiger partial charge is 0.364 e. The fraction of sp³-hybridized carbons (Fsp3) is 0.517. The van der Waals surface area contributed by atoms with Gasteiger partial charge in [0, 0.05) is 11.1 Å². The van der Waals surface area contributed by atoms with Gasteiger partial charge in [0.05, 0.1) is 24.0 Å². The van der Waals surface area contributed by atoms with Crippen LogP contribution in [0.4, 0.5) is 0 Å². The molecule has 4 nitrogen and oxygen atoms in total. The van der Waals surface area contributed by atoms with Gasteiger partial charge in [-0.15, -0.1) is 0 Å². The molecule has 0 N–H and O–H groups in total. The minimum absolute atomic E-state index is 0.0919. The van der Waals surface area contributed by atoms with E-state index in [1.54, 1.807) is 0 Å². The molecule has 0 saturated carbocycles. The third-order valence-electron chi connectivity index (χ3n) is 15.3. The van der Waals surface area contributed by atoms with Gasteiger partial charge < -0.3 is 9.47 Å². The first-order valence-electron chi connectivity index (χ1n) is 25.1. The predicted molar refractivity (Wildman–Crippen MR) is 251 cm³/mol. The molecule has 0 radical (unpaired) electrons. The van der Waals surface area contributed by atoms with E-state index >= 15 is 0 Å². The molecule has 4 aromatic carbocycles. The van der Waals surface area contributed by atoms with E-state index in [9.17, 15) is 9.59 Å². The highest BCUT2D eigenvalue weighted by molar-refractivity contribution is 6.17. The Labute approximate surface area is 372 Å². The van der Waals surface area contributed by atoms with Crippen LogP contribution in [0.5, 0.6) is 0 Å². The Morgan fingerprint density at radius 2 is 0.806 bits per heavy atom. The summed E-state index contributed by atoms with van der Waals surface area (Å²) < 4.78 is 14.1. The van der Waals surface area contributed by atoms with E-state index in [1.165, 1.54) is 127 Å². The first-order valence-corrected chi connectivity index (χ1v) is 25.1. The minimum atomic E-state index is -0.754. The van der Waals surface area contributed by atoms with E-state index < -0.39 is 35.2 Å². The number of carbonyl (C=O) groups is 2. The lowest BCUT2D eigenvalue weighted by molar-refractivity contribution is -0.0239. The Hall–Kier alpha value is -4.12. The summed E-state index contributed by atoms with van der Waals surface area (Å²) in [5.74, 6) is -0.827. The Bertz CT molecular complexity index is 2070. The van der Waals surface area contributed by atoms with E-state index in [0.717, 1.165) is 59.1 Å². The van der Waals surface area contributed by atoms with Crippen LogP contribution in [-0.4, -0.2) is 11.6 Å². The molecule has 1 aliphatic carbocycles. The van der Waals surface area contributed by atoms with Gasteiger partial charge in [-0.25, -0.2) is 0 Å². The predicted octanol–water partition coefficient (Wildman–Crippen LogP) is 15.1. The lowest BCUT2D eigenvalue weighted by atomic mass is 9.64. The molecule has 0 spiro atoms. The zero-order valence-electron chi connectivity index (χ0n) is 37.7. The van der Waals surface area contributed by atoms with Gasteiger partial charge in [0.1, 0.15) is 11.2 Å². The maximum Gasteiger partial charge on any atom is 0.170 e. The van der Waals surface area contributed by atoms with Gasteiger partial charge in [-0.2, -0.15) is 0 Å². The number of rotatable bonds is 24. The SMILES string of the molecule is CCCCCCCCCCCCc1cc2c(cc1CCCCCCCCCCCC)C(=O)[C@H]1[C@@H](C2=O)[C@H]2O[C@@H]1c1cc3c(cc12)C1(c2ccccc2)C=CC3(c2ccccc2)O1. The highest BCUT2D eigenvalue weighted by Gasteiger charge is 2.63. The van der Waals surface area contributed by atoms with Crippen molar-refractivity contribution in [2.75, 3.05) is 0 Å². The second-order valence-corrected chi connectivity index (χ2v) is 19.5. The van der Waals surface area contributed by atoms with Gasteiger partial charge in [-0.1, -0.05) is 190 Å². The molecule has 4 heterocycles. The molecule has 6 atom stereocenters. The topological polar surface area (TPSA) is 52.6 Å². The molecule has 4 bridgehead atoms. The highest BCUT2D eigenvalue weighted by Crippen LogP contribution is 2.65. The molecule has 4 aliphatic heterocycles. The molecule has 0 aromatic heterocycles. The Balaban J connectivity index is 0.957. The van der Waals surface area contributed by atoms with Crippen LogP contribution in [0, 0.1) is 11.8 Å². The number of carbonyl (C=O) groups excluding carboxylic acids is 2. The fourth-order valence-electron chi connectivity index (χ4n) is 11.9. The average Bonchev–Trinajstić information content (AvgIpc) is 4.08. The van der Waals surface area contributed by atoms with Crippen molar-refractivity contribution in [3.05, 3.63) is 153 Å². The standard InChI is InChI=1S/C58H70O4/c1-3-5-7-9-11-13-15-17-19-23-29-41-37-45-46(38-42(41)30-24-20-18-16-14-12-10-8-6-4-2)54(60)52-51(53(45)59)55-47-39-49-50(40-48(47)56(52)61-55)58(44-33-27-22-28-34-44)36-35-57(49,62-58)43-31-25-21-26-32-43/h21-22,25-28,31-40,51-52,55-56H,3-20,23-24,29-30H2,1-2H3/t51-,52+,55-,56+,57?,58?. The van der Waals surface area contributed by atoms with Gasteiger partial charge in [0.15, 0.2) is 11.6 Å². The van der Waals surface area contributed by atoms with Crippen molar-refractivity contribution in [3.63, 3.8) is 0 Å². The van der Waals surface area contributed by atoms with Crippen LogP contribution in [0.1, 0.15) is 220 Å². The van der Waals surface area contributed by atoms with E-state index in [0.29, 0.717) is 11.1 Å². The molecule has 1 fully saturated rings. The van der Waals surface area contributed by atoms with Gasteiger partial charge in [-0.05, 0) is 107 Å². The van der Waals surface area contributed by atoms with Gasteiger partial charge >= 0.3 is 0 Å². The summed E-state index contributed by atoms with van der Waals surface area (Å²) in [6.07, 6.45) is 31.6. The molecule has 326 valence electrons. The quantitative estimate of drug-likeness (QED) is 0.0521. The number of fused-ring (bicyclic) bond motifs is 14. The molecule has 9 rings (SSSR count). The van der Waals surface area contributed by atoms with Crippen molar-refractivity contribution in [1.82, 2.24) is 0 Å². The maximum atomic E-state index is 14.9. The number of hydrogen-bond acceptors (Lipinski definition) is 4. The van der Waals surface area contributed by atoms with Crippen LogP contribution in [0.3, 0.4) is 0 Å². The molecule has 1 saturated heterocycles. The van der Waals surface area contributed by atoms with Gasteiger partial charge in [0.25, 0.3) is 0 Å². The third kappa shape index (κ3) is 8.02. The fourth-order valence-corrected chi connectivity index (χ4v) is 11.9. The molecular weight excluding hydrogens is 761 g/mol. The molecule has 4 aromatic rings. The van der Waals surface area contributed by atoms with Crippen molar-refractivity contribution in [2.45, 2.75) is 179 Å². The number of ether oxygens (including phenoxy) is 2. The van der Waals surface area contributed by atoms with E-state index in [2.05, 4.69) is 98.8 Å². The summed E-state index contributed by atoms with van der Waals surface area (Å²) in [7, 11) is 0. The van der Waals surface area contributed by atoms with E-state index in [4.69, 9.17) is 9.47 Å². The number of benzene rings is 4. The summed E-state index contributed by atoms with van der Waals surface area (Å²) in [5.41, 5.74) is 8.80. The Morgan fingerprint density at radius 3 is 1.18 bits per heavy atom. The van der Waals surface area contributed by atoms with Crippen molar-refractivity contribution >= 4 is 11.6 Å². The first kappa shape index (κ1) is 43.1. The third-order valence-corrected chi connectivity index (χ3v) is 15.3. The minimum Gasteiger partial charge on any atom is -0.364 e. The number of unbranched alkanes of at least 4 members (excludes halogenated alkanes) is 18. The van der Waals surface area contributed by atoms with Crippen molar-refractivity contribution < 1.29 is 19.1 Å². The second kappa shape index (κ2) is 19.3. The van der Waals surface area contributed by atoms with Crippen LogP contribution < -0.4 is 0 Å². The molecule has 62 heavy (non-hydrogen) atoms. The zero-order valence-corrected chi connectivity index (χ0v) is 37.7. The Kier molecular flexibility index (Phi) is 13.4. The second-order valence-electron chi connectivity index (χ2n) is 19.5. The van der Waals surface area contributed by atoms with Crippen molar-refractivity contribution in [2.24, 2.45) is 11.8 Å². The smallest absolute Gasteiger partial charge is 0.170 e. The van der Waals surface area contributed by atoms with Crippen LogP contribution in [0.15, 0.2) is 97.1 Å². The monoisotopic (exact) mass is 831 g/mol. The summed E-state index contributed by atoms with van der Waals surface area (Å²) in [4.78, 5) is 29.8. The van der Waals surface area contributed by atoms with Gasteiger partial charge in [0.2, 0.25) is 0 Å². The normalized spacial score (nSPS) is 24.7. The van der Waals surface area contributed by atoms with Crippen LogP contribution in [-0.2, 0) is 33.5 Å². The zero-order chi connectivity index (χ0) is 42.5. The summed E-state index contributed by atoms with van der Waals surface area (Å²) in [6.45, 7) is 4.56. The molecule has 2 unspecified atom stereocenters. The van der Waals surface area contributed by atoms with E-state index in [-0.39, 0.29) is 11.6 Å². The van der Waals surface area contributed by atoms with Crippen LogP contribution in [0.2, 0.25) is 0 Å². The van der Waals surface area contributed by atoms with E-state index in [1.807, 2.05) is 12.1 Å². The summed E-state index contributed by atoms with van der Waals surface area (Å²) in [6, 6.07) is 29.8. The van der Waals surface area contributed by atoms with Crippen LogP contribution in [0.25, 0.3) is 0 Å². The Morgan fingerprint density at radius 1 is 0.452 bits per heavy atom. The molecule has 4 heteroatoms. The highest BCUT2D eigenvalue weighted by atomic mass is 16.5. The van der Waals surface area contributed by atoms with Crippen molar-refractivity contribution in [1.29, 1.82) is 0 Å². The van der Waals surface area contributed by atoms with Crippen LogP contribution >= 0.6 is 0 Å². The summed E-state index contributed by atoms with van der Waals surface area (Å²) >= 11 is 0. The number of aryl methyl sites for hydroxylation is 2. The summed E-state index contributed by atoms with van der Waals surface area (Å²) in [5, 5.41) is 0.